The first-order chi connectivity index (χ1) is 10.7. The predicted octanol–water partition coefficient (Wildman–Crippen LogP) is 3.33. The Morgan fingerprint density at radius 1 is 1.30 bits per heavy atom. The lowest BCUT2D eigenvalue weighted by Crippen LogP contribution is -2.40. The average Bonchev–Trinajstić information content (AvgIpc) is 2.42. The van der Waals surface area contributed by atoms with Crippen LogP contribution in [0.3, 0.4) is 0 Å². The third-order valence-corrected chi connectivity index (χ3v) is 2.97. The number of ketones is 1. The van der Waals surface area contributed by atoms with E-state index < -0.39 is 23.6 Å². The lowest BCUT2D eigenvalue weighted by atomic mass is 10.0. The zero-order valence-electron chi connectivity index (χ0n) is 14.0. The van der Waals surface area contributed by atoms with E-state index in [1.807, 2.05) is 0 Å². The molecule has 1 aromatic carbocycles. The minimum Gasteiger partial charge on any atom is -0.444 e. The van der Waals surface area contributed by atoms with Gasteiger partial charge in [-0.15, -0.1) is 0 Å². The maximum atomic E-state index is 13.2. The van der Waals surface area contributed by atoms with Crippen LogP contribution in [0.25, 0.3) is 0 Å². The minimum absolute atomic E-state index is 0.0477. The van der Waals surface area contributed by atoms with Crippen molar-refractivity contribution in [3.8, 4) is 0 Å². The Morgan fingerprint density at radius 2 is 2.00 bits per heavy atom. The van der Waals surface area contributed by atoms with Gasteiger partial charge in [-0.1, -0.05) is 12.1 Å². The molecular formula is C17H24FNO4. The first-order valence-electron chi connectivity index (χ1n) is 7.48. The first kappa shape index (κ1) is 19.1. The van der Waals surface area contributed by atoms with Gasteiger partial charge in [-0.05, 0) is 39.3 Å². The average molecular weight is 325 g/mol. The Bertz CT molecular complexity index is 540. The Hall–Kier alpha value is -1.95. The summed E-state index contributed by atoms with van der Waals surface area (Å²) < 4.78 is 23.4. The smallest absolute Gasteiger partial charge is 0.407 e. The molecule has 1 aromatic rings. The molecule has 1 rings (SSSR count). The second kappa shape index (κ2) is 8.62. The fraction of sp³-hybridized carbons (Fsp3) is 0.529. The molecular weight excluding hydrogens is 301 g/mol. The predicted molar refractivity (Wildman–Crippen MR) is 85.0 cm³/mol. The fourth-order valence-electron chi connectivity index (χ4n) is 1.96. The van der Waals surface area contributed by atoms with Gasteiger partial charge >= 0.3 is 6.09 Å². The Labute approximate surface area is 136 Å². The summed E-state index contributed by atoms with van der Waals surface area (Å²) in [5, 5.41) is 2.67. The highest BCUT2D eigenvalue weighted by molar-refractivity contribution is 5.96. The normalized spacial score (nSPS) is 12.6. The molecule has 128 valence electrons. The summed E-state index contributed by atoms with van der Waals surface area (Å²) in [6.45, 7) is 5.66. The van der Waals surface area contributed by atoms with E-state index >= 15 is 0 Å². The number of carbonyl (C=O) groups excluding carboxylic acids is 2. The topological polar surface area (TPSA) is 64.6 Å². The van der Waals surface area contributed by atoms with Crippen molar-refractivity contribution in [2.24, 2.45) is 0 Å². The van der Waals surface area contributed by atoms with Gasteiger partial charge in [0.15, 0.2) is 5.78 Å². The molecule has 0 aliphatic heterocycles. The van der Waals surface area contributed by atoms with Crippen molar-refractivity contribution < 1.29 is 23.5 Å². The van der Waals surface area contributed by atoms with Crippen LogP contribution in [-0.4, -0.2) is 37.2 Å². The second-order valence-electron chi connectivity index (χ2n) is 6.26. The van der Waals surface area contributed by atoms with Crippen molar-refractivity contribution in [2.45, 2.75) is 45.3 Å². The molecule has 0 saturated carbocycles. The third-order valence-electron chi connectivity index (χ3n) is 2.97. The molecule has 1 unspecified atom stereocenters. The number of methoxy groups -OCH3 is 1. The van der Waals surface area contributed by atoms with Crippen LogP contribution in [-0.2, 0) is 9.47 Å². The van der Waals surface area contributed by atoms with E-state index in [4.69, 9.17) is 9.47 Å². The number of Topliss-reactive ketones (excluding diaryl/α,β-unsaturated/α-hetero) is 1. The molecule has 6 heteroatoms. The van der Waals surface area contributed by atoms with Crippen molar-refractivity contribution in [1.82, 2.24) is 5.32 Å². The second-order valence-corrected chi connectivity index (χ2v) is 6.26. The molecule has 0 spiro atoms. The first-order valence-corrected chi connectivity index (χ1v) is 7.48. The van der Waals surface area contributed by atoms with Gasteiger partial charge in [0.1, 0.15) is 11.4 Å². The van der Waals surface area contributed by atoms with Gasteiger partial charge < -0.3 is 14.8 Å². The number of nitrogens with one attached hydrogen (secondary N) is 1. The van der Waals surface area contributed by atoms with Gasteiger partial charge in [0, 0.05) is 31.7 Å². The van der Waals surface area contributed by atoms with Crippen LogP contribution in [0.2, 0.25) is 0 Å². The minimum atomic E-state index is -0.623. The molecule has 0 aromatic heterocycles. The van der Waals surface area contributed by atoms with E-state index in [0.717, 1.165) is 0 Å². The van der Waals surface area contributed by atoms with Crippen LogP contribution in [0, 0.1) is 5.82 Å². The van der Waals surface area contributed by atoms with Crippen LogP contribution in [0.5, 0.6) is 0 Å². The SMILES string of the molecule is COCCC(CC(=O)c1cccc(F)c1)NC(=O)OC(C)(C)C. The largest absolute Gasteiger partial charge is 0.444 e. The van der Waals surface area contributed by atoms with Crippen molar-refractivity contribution in [1.29, 1.82) is 0 Å². The van der Waals surface area contributed by atoms with Gasteiger partial charge in [-0.25, -0.2) is 9.18 Å². The number of benzene rings is 1. The number of amides is 1. The number of alkyl carbamates (subject to hydrolysis) is 1. The Morgan fingerprint density at radius 3 is 2.57 bits per heavy atom. The van der Waals surface area contributed by atoms with Gasteiger partial charge in [-0.2, -0.15) is 0 Å². The van der Waals surface area contributed by atoms with Crippen molar-refractivity contribution >= 4 is 11.9 Å². The molecule has 1 N–H and O–H groups in total. The van der Waals surface area contributed by atoms with Gasteiger partial charge in [-0.3, -0.25) is 4.79 Å². The highest BCUT2D eigenvalue weighted by Gasteiger charge is 2.22. The number of rotatable bonds is 7. The summed E-state index contributed by atoms with van der Waals surface area (Å²) in [7, 11) is 1.54. The maximum absolute atomic E-state index is 13.2. The van der Waals surface area contributed by atoms with E-state index in [1.54, 1.807) is 33.9 Å². The molecule has 0 aliphatic rings. The molecule has 0 aliphatic carbocycles. The number of carbonyl (C=O) groups is 2. The fourth-order valence-corrected chi connectivity index (χ4v) is 1.96. The summed E-state index contributed by atoms with van der Waals surface area (Å²) in [5.74, 6) is -0.717. The number of halogens is 1. The van der Waals surface area contributed by atoms with Crippen LogP contribution < -0.4 is 5.32 Å². The van der Waals surface area contributed by atoms with Crippen molar-refractivity contribution in [3.63, 3.8) is 0 Å². The van der Waals surface area contributed by atoms with E-state index in [0.29, 0.717) is 13.0 Å². The van der Waals surface area contributed by atoms with E-state index in [2.05, 4.69) is 5.32 Å². The van der Waals surface area contributed by atoms with Crippen LogP contribution in [0.1, 0.15) is 44.0 Å². The maximum Gasteiger partial charge on any atom is 0.407 e. The molecule has 0 bridgehead atoms. The lowest BCUT2D eigenvalue weighted by molar-refractivity contribution is 0.0490. The monoisotopic (exact) mass is 325 g/mol. The molecule has 0 radical (unpaired) electrons. The Balaban J connectivity index is 2.70. The molecule has 0 heterocycles. The highest BCUT2D eigenvalue weighted by atomic mass is 19.1. The Kier molecular flexibility index (Phi) is 7.16. The number of hydrogen-bond acceptors (Lipinski definition) is 4. The highest BCUT2D eigenvalue weighted by Crippen LogP contribution is 2.12. The quantitative estimate of drug-likeness (QED) is 0.781. The number of hydrogen-bond donors (Lipinski definition) is 1. The van der Waals surface area contributed by atoms with Crippen LogP contribution >= 0.6 is 0 Å². The summed E-state index contributed by atoms with van der Waals surface area (Å²) in [6, 6.07) is 5.04. The molecule has 1 atom stereocenters. The van der Waals surface area contributed by atoms with Crippen LogP contribution in [0.15, 0.2) is 24.3 Å². The molecule has 5 nitrogen and oxygen atoms in total. The van der Waals surface area contributed by atoms with Crippen molar-refractivity contribution in [3.05, 3.63) is 35.6 Å². The summed E-state index contributed by atoms with van der Waals surface area (Å²) in [4.78, 5) is 24.1. The molecule has 1 amide bonds. The molecule has 23 heavy (non-hydrogen) atoms. The van der Waals surface area contributed by atoms with E-state index in [9.17, 15) is 14.0 Å². The third kappa shape index (κ3) is 7.74. The van der Waals surface area contributed by atoms with Crippen molar-refractivity contribution in [2.75, 3.05) is 13.7 Å². The zero-order valence-corrected chi connectivity index (χ0v) is 14.0. The molecule has 0 fully saturated rings. The van der Waals surface area contributed by atoms with E-state index in [1.165, 1.54) is 18.2 Å². The van der Waals surface area contributed by atoms with Gasteiger partial charge in [0.25, 0.3) is 0 Å². The molecule has 0 saturated heterocycles. The standard InChI is InChI=1S/C17H24FNO4/c1-17(2,3)23-16(21)19-14(8-9-22-4)11-15(20)12-6-5-7-13(18)10-12/h5-7,10,14H,8-9,11H2,1-4H3,(H,19,21). The van der Waals surface area contributed by atoms with Gasteiger partial charge in [0.05, 0.1) is 0 Å². The van der Waals surface area contributed by atoms with Crippen LogP contribution in [0.4, 0.5) is 9.18 Å². The summed E-state index contributed by atoms with van der Waals surface area (Å²) >= 11 is 0. The summed E-state index contributed by atoms with van der Waals surface area (Å²) in [5.41, 5.74) is -0.346. The van der Waals surface area contributed by atoms with E-state index in [-0.39, 0.29) is 17.8 Å². The number of ether oxygens (including phenoxy) is 2. The zero-order chi connectivity index (χ0) is 17.5. The van der Waals surface area contributed by atoms with Gasteiger partial charge in [0.2, 0.25) is 0 Å². The lowest BCUT2D eigenvalue weighted by Gasteiger charge is -2.23. The summed E-state index contributed by atoms with van der Waals surface area (Å²) in [6.07, 6.45) is -0.0892.